The molecule has 84 valence electrons. The average molecular weight is 224 g/mol. The second kappa shape index (κ2) is 7.71. The van der Waals surface area contributed by atoms with Crippen molar-refractivity contribution < 1.29 is 0 Å². The topological polar surface area (TPSA) is 24.9 Å². The van der Waals surface area contributed by atoms with Gasteiger partial charge in [-0.05, 0) is 56.0 Å². The molecule has 0 amide bonds. The molecule has 15 heavy (non-hydrogen) atoms. The Hall–Kier alpha value is -0.540. The van der Waals surface area contributed by atoms with E-state index in [1.165, 1.54) is 17.7 Å². The zero-order valence-corrected chi connectivity index (χ0v) is 10.4. The van der Waals surface area contributed by atoms with Crippen molar-refractivity contribution in [2.45, 2.75) is 25.8 Å². The monoisotopic (exact) mass is 224 g/mol. The highest BCUT2D eigenvalue weighted by Gasteiger charge is 1.99. The van der Waals surface area contributed by atoms with E-state index in [9.17, 15) is 0 Å². The van der Waals surface area contributed by atoms with Gasteiger partial charge in [-0.2, -0.15) is 11.8 Å². The van der Waals surface area contributed by atoms with E-state index in [1.54, 1.807) is 0 Å². The second-order valence-corrected chi connectivity index (χ2v) is 4.73. The number of hydrogen-bond donors (Lipinski definition) is 1. The molecular weight excluding hydrogens is 204 g/mol. The van der Waals surface area contributed by atoms with Gasteiger partial charge in [0, 0.05) is 18.4 Å². The van der Waals surface area contributed by atoms with Crippen molar-refractivity contribution in [3.63, 3.8) is 0 Å². The second-order valence-electron chi connectivity index (χ2n) is 3.74. The van der Waals surface area contributed by atoms with Crippen LogP contribution < -0.4 is 5.32 Å². The number of nitrogens with one attached hydrogen (secondary N) is 1. The third-order valence-electron chi connectivity index (χ3n) is 2.41. The van der Waals surface area contributed by atoms with Gasteiger partial charge in [0.05, 0.1) is 0 Å². The van der Waals surface area contributed by atoms with Crippen LogP contribution in [0.15, 0.2) is 24.5 Å². The summed E-state index contributed by atoms with van der Waals surface area (Å²) in [5, 5.41) is 3.53. The Bertz CT molecular complexity index is 251. The Balaban J connectivity index is 2.11. The van der Waals surface area contributed by atoms with Crippen LogP contribution in [-0.4, -0.2) is 29.6 Å². The minimum Gasteiger partial charge on any atom is -0.314 e. The first-order valence-corrected chi connectivity index (χ1v) is 6.83. The van der Waals surface area contributed by atoms with E-state index in [1.807, 2.05) is 24.2 Å². The minimum atomic E-state index is 0.624. The smallest absolute Gasteiger partial charge is 0.0270 e. The molecule has 2 nitrogen and oxygen atoms in total. The van der Waals surface area contributed by atoms with Crippen LogP contribution in [0.4, 0.5) is 0 Å². The summed E-state index contributed by atoms with van der Waals surface area (Å²) >= 11 is 1.91. The van der Waals surface area contributed by atoms with E-state index in [0.29, 0.717) is 6.04 Å². The quantitative estimate of drug-likeness (QED) is 0.769. The Morgan fingerprint density at radius 1 is 1.40 bits per heavy atom. The molecule has 1 N–H and O–H groups in total. The highest BCUT2D eigenvalue weighted by atomic mass is 32.2. The Morgan fingerprint density at radius 2 is 2.13 bits per heavy atom. The molecule has 0 aliphatic rings. The van der Waals surface area contributed by atoms with Gasteiger partial charge in [0.2, 0.25) is 0 Å². The third kappa shape index (κ3) is 5.80. The summed E-state index contributed by atoms with van der Waals surface area (Å²) in [5.74, 6) is 1.24. The number of rotatable bonds is 7. The van der Waals surface area contributed by atoms with Crippen LogP contribution in [0, 0.1) is 0 Å². The summed E-state index contributed by atoms with van der Waals surface area (Å²) in [6, 6.07) is 4.78. The van der Waals surface area contributed by atoms with E-state index in [2.05, 4.69) is 35.6 Å². The van der Waals surface area contributed by atoms with Gasteiger partial charge in [-0.1, -0.05) is 0 Å². The van der Waals surface area contributed by atoms with Crippen LogP contribution in [0.1, 0.15) is 18.9 Å². The zero-order chi connectivity index (χ0) is 10.9. The van der Waals surface area contributed by atoms with Crippen molar-refractivity contribution >= 4 is 11.8 Å². The van der Waals surface area contributed by atoms with Crippen LogP contribution in [0.25, 0.3) is 0 Å². The maximum Gasteiger partial charge on any atom is 0.0270 e. The maximum atomic E-state index is 4.01. The van der Waals surface area contributed by atoms with E-state index in [0.717, 1.165) is 13.0 Å². The van der Waals surface area contributed by atoms with E-state index in [-0.39, 0.29) is 0 Å². The molecule has 1 aromatic rings. The first-order chi connectivity index (χ1) is 7.33. The molecule has 0 fully saturated rings. The number of pyridine rings is 1. The first kappa shape index (κ1) is 12.5. The lowest BCUT2D eigenvalue weighted by Gasteiger charge is -2.12. The summed E-state index contributed by atoms with van der Waals surface area (Å²) in [7, 11) is 0. The van der Waals surface area contributed by atoms with Crippen molar-refractivity contribution in [3.8, 4) is 0 Å². The maximum absolute atomic E-state index is 4.01. The number of aromatic nitrogens is 1. The molecule has 1 heterocycles. The normalized spacial score (nSPS) is 12.7. The highest BCUT2D eigenvalue weighted by molar-refractivity contribution is 7.98. The Labute approximate surface area is 96.9 Å². The van der Waals surface area contributed by atoms with Crippen molar-refractivity contribution in [1.82, 2.24) is 10.3 Å². The summed E-state index contributed by atoms with van der Waals surface area (Å²) in [6.07, 6.45) is 8.20. The summed E-state index contributed by atoms with van der Waals surface area (Å²) < 4.78 is 0. The van der Waals surface area contributed by atoms with Gasteiger partial charge in [-0.15, -0.1) is 0 Å². The predicted octanol–water partition coefficient (Wildman–Crippen LogP) is 2.36. The van der Waals surface area contributed by atoms with Crippen molar-refractivity contribution in [2.75, 3.05) is 18.6 Å². The minimum absolute atomic E-state index is 0.624. The van der Waals surface area contributed by atoms with E-state index in [4.69, 9.17) is 0 Å². The van der Waals surface area contributed by atoms with Gasteiger partial charge in [0.1, 0.15) is 0 Å². The number of hydrogen-bond acceptors (Lipinski definition) is 3. The molecule has 1 aromatic heterocycles. The van der Waals surface area contributed by atoms with Crippen LogP contribution in [-0.2, 0) is 6.42 Å². The van der Waals surface area contributed by atoms with Crippen molar-refractivity contribution in [2.24, 2.45) is 0 Å². The molecule has 0 aromatic carbocycles. The van der Waals surface area contributed by atoms with Gasteiger partial charge in [-0.3, -0.25) is 4.98 Å². The molecule has 0 spiro atoms. The number of thioether (sulfide) groups is 1. The average Bonchev–Trinajstić information content (AvgIpc) is 2.28. The van der Waals surface area contributed by atoms with E-state index >= 15 is 0 Å². The van der Waals surface area contributed by atoms with Gasteiger partial charge < -0.3 is 5.32 Å². The van der Waals surface area contributed by atoms with Gasteiger partial charge >= 0.3 is 0 Å². The van der Waals surface area contributed by atoms with Crippen LogP contribution in [0.3, 0.4) is 0 Å². The molecular formula is C12H20N2S. The third-order valence-corrected chi connectivity index (χ3v) is 3.05. The highest BCUT2D eigenvalue weighted by Crippen LogP contribution is 2.00. The summed E-state index contributed by atoms with van der Waals surface area (Å²) in [6.45, 7) is 3.31. The fourth-order valence-electron chi connectivity index (χ4n) is 1.41. The molecule has 0 radical (unpaired) electrons. The molecule has 0 bridgehead atoms. The zero-order valence-electron chi connectivity index (χ0n) is 9.57. The standard InChI is InChI=1S/C12H20N2S/c1-11(6-10-15-2)14-9-5-12-3-7-13-8-4-12/h3-4,7-8,11,14H,5-6,9-10H2,1-2H3. The molecule has 0 saturated carbocycles. The lowest BCUT2D eigenvalue weighted by Crippen LogP contribution is -2.28. The lowest BCUT2D eigenvalue weighted by molar-refractivity contribution is 0.540. The molecule has 0 saturated heterocycles. The molecule has 0 aliphatic carbocycles. The molecule has 1 rings (SSSR count). The molecule has 1 unspecified atom stereocenters. The van der Waals surface area contributed by atoms with Gasteiger partial charge in [0.25, 0.3) is 0 Å². The van der Waals surface area contributed by atoms with Crippen molar-refractivity contribution in [3.05, 3.63) is 30.1 Å². The number of nitrogens with zero attached hydrogens (tertiary/aromatic N) is 1. The largest absolute Gasteiger partial charge is 0.314 e. The lowest BCUT2D eigenvalue weighted by atomic mass is 10.2. The SMILES string of the molecule is CSCCC(C)NCCc1ccncc1. The molecule has 1 atom stereocenters. The van der Waals surface area contributed by atoms with Crippen LogP contribution in [0.5, 0.6) is 0 Å². The fourth-order valence-corrected chi connectivity index (χ4v) is 2.00. The van der Waals surface area contributed by atoms with Gasteiger partial charge in [-0.25, -0.2) is 0 Å². The van der Waals surface area contributed by atoms with Crippen molar-refractivity contribution in [1.29, 1.82) is 0 Å². The molecule has 3 heteroatoms. The Kier molecular flexibility index (Phi) is 6.44. The predicted molar refractivity (Wildman–Crippen MR) is 68.4 cm³/mol. The van der Waals surface area contributed by atoms with E-state index < -0.39 is 0 Å². The van der Waals surface area contributed by atoms with Crippen LogP contribution >= 0.6 is 11.8 Å². The Morgan fingerprint density at radius 3 is 2.80 bits per heavy atom. The first-order valence-electron chi connectivity index (χ1n) is 5.44. The molecule has 0 aliphatic heterocycles. The summed E-state index contributed by atoms with van der Waals surface area (Å²) in [5.41, 5.74) is 1.36. The summed E-state index contributed by atoms with van der Waals surface area (Å²) in [4.78, 5) is 4.01. The van der Waals surface area contributed by atoms with Crippen LogP contribution in [0.2, 0.25) is 0 Å². The van der Waals surface area contributed by atoms with Gasteiger partial charge in [0.15, 0.2) is 0 Å². The fraction of sp³-hybridized carbons (Fsp3) is 0.583.